The Morgan fingerprint density at radius 3 is 2.69 bits per heavy atom. The van der Waals surface area contributed by atoms with Crippen LogP contribution in [0.25, 0.3) is 5.65 Å². The van der Waals surface area contributed by atoms with E-state index in [1.165, 1.54) is 4.52 Å². The first-order chi connectivity index (χ1) is 7.50. The summed E-state index contributed by atoms with van der Waals surface area (Å²) < 4.78 is 1.35. The molecule has 0 amide bonds. The van der Waals surface area contributed by atoms with Crippen molar-refractivity contribution in [3.63, 3.8) is 0 Å². The number of nitrogens with zero attached hydrogens (tertiary/aromatic N) is 4. The lowest BCUT2D eigenvalue weighted by molar-refractivity contribution is 0.0687. The second kappa shape index (κ2) is 3.48. The van der Waals surface area contributed by atoms with Crippen LogP contribution in [0.15, 0.2) is 12.1 Å². The Bertz CT molecular complexity index is 559. The molecule has 84 valence electrons. The van der Waals surface area contributed by atoms with E-state index >= 15 is 0 Å². The first-order valence-electron chi connectivity index (χ1n) is 4.77. The third-order valence-corrected chi connectivity index (χ3v) is 2.30. The maximum atomic E-state index is 11.1. The van der Waals surface area contributed by atoms with E-state index in [4.69, 9.17) is 5.11 Å². The molecule has 0 saturated heterocycles. The van der Waals surface area contributed by atoms with Crippen molar-refractivity contribution in [2.24, 2.45) is 0 Å². The molecule has 0 aliphatic rings. The molecule has 0 aliphatic heterocycles. The maximum absolute atomic E-state index is 11.1. The molecule has 6 nitrogen and oxygen atoms in total. The lowest BCUT2D eigenvalue weighted by Gasteiger charge is -2.10. The Morgan fingerprint density at radius 2 is 2.12 bits per heavy atom. The van der Waals surface area contributed by atoms with Crippen molar-refractivity contribution >= 4 is 17.4 Å². The van der Waals surface area contributed by atoms with Crippen molar-refractivity contribution in [1.82, 2.24) is 14.6 Å². The molecular formula is C10H12N4O2. The fraction of sp³-hybridized carbons (Fsp3) is 0.300. The molecule has 0 aliphatic carbocycles. The molecule has 2 aromatic rings. The number of hydrogen-bond acceptors (Lipinski definition) is 4. The molecule has 0 spiro atoms. The summed E-state index contributed by atoms with van der Waals surface area (Å²) in [5, 5.41) is 13.3. The number of hydrogen-bond donors (Lipinski definition) is 1. The number of rotatable bonds is 2. The van der Waals surface area contributed by atoms with Gasteiger partial charge in [0.25, 0.3) is 0 Å². The number of carboxylic acid groups (broad SMARTS) is 1. The maximum Gasteiger partial charge on any atom is 0.356 e. The van der Waals surface area contributed by atoms with Gasteiger partial charge in [0, 0.05) is 14.1 Å². The molecule has 0 saturated carbocycles. The second-order valence-electron chi connectivity index (χ2n) is 3.71. The Morgan fingerprint density at radius 1 is 1.44 bits per heavy atom. The first-order valence-corrected chi connectivity index (χ1v) is 4.77. The van der Waals surface area contributed by atoms with Crippen molar-refractivity contribution in [2.45, 2.75) is 6.92 Å². The predicted octanol–water partition coefficient (Wildman–Crippen LogP) is 0.802. The largest absolute Gasteiger partial charge is 0.476 e. The molecule has 2 heterocycles. The van der Waals surface area contributed by atoms with E-state index in [9.17, 15) is 4.79 Å². The SMILES string of the molecule is Cc1nc2ccc(N(C)C)nn2c1C(=O)O. The minimum atomic E-state index is -1.02. The number of carboxylic acids is 1. The smallest absolute Gasteiger partial charge is 0.356 e. The second-order valence-corrected chi connectivity index (χ2v) is 3.71. The fourth-order valence-electron chi connectivity index (χ4n) is 1.52. The first kappa shape index (κ1) is 10.4. The quantitative estimate of drug-likeness (QED) is 0.810. The van der Waals surface area contributed by atoms with E-state index < -0.39 is 5.97 Å². The van der Waals surface area contributed by atoms with E-state index in [-0.39, 0.29) is 5.69 Å². The molecule has 0 aromatic carbocycles. The molecule has 0 unspecified atom stereocenters. The van der Waals surface area contributed by atoms with Crippen LogP contribution in [0.1, 0.15) is 16.2 Å². The lowest BCUT2D eigenvalue weighted by Crippen LogP contribution is -2.14. The number of fused-ring (bicyclic) bond motifs is 1. The number of carbonyl (C=O) groups is 1. The molecule has 1 N–H and O–H groups in total. The van der Waals surface area contributed by atoms with Crippen LogP contribution in [0, 0.1) is 6.92 Å². The van der Waals surface area contributed by atoms with Crippen LogP contribution < -0.4 is 4.90 Å². The summed E-state index contributed by atoms with van der Waals surface area (Å²) in [6.07, 6.45) is 0. The minimum Gasteiger partial charge on any atom is -0.476 e. The van der Waals surface area contributed by atoms with Gasteiger partial charge in [-0.05, 0) is 19.1 Å². The van der Waals surface area contributed by atoms with Gasteiger partial charge in [0.05, 0.1) is 5.69 Å². The van der Waals surface area contributed by atoms with E-state index in [1.807, 2.05) is 14.1 Å². The van der Waals surface area contributed by atoms with Gasteiger partial charge < -0.3 is 10.0 Å². The summed E-state index contributed by atoms with van der Waals surface area (Å²) >= 11 is 0. The fourth-order valence-corrected chi connectivity index (χ4v) is 1.52. The van der Waals surface area contributed by atoms with Gasteiger partial charge >= 0.3 is 5.97 Å². The molecule has 0 atom stereocenters. The average molecular weight is 220 g/mol. The van der Waals surface area contributed by atoms with Crippen LogP contribution in [0.5, 0.6) is 0 Å². The minimum absolute atomic E-state index is 0.110. The van der Waals surface area contributed by atoms with Gasteiger partial charge in [0.15, 0.2) is 11.3 Å². The summed E-state index contributed by atoms with van der Waals surface area (Å²) in [5.41, 5.74) is 1.12. The molecule has 2 aromatic heterocycles. The monoisotopic (exact) mass is 220 g/mol. The Balaban J connectivity index is 2.74. The molecular weight excluding hydrogens is 208 g/mol. The van der Waals surface area contributed by atoms with Crippen molar-refractivity contribution < 1.29 is 9.90 Å². The van der Waals surface area contributed by atoms with E-state index in [1.54, 1.807) is 24.0 Å². The standard InChI is InChI=1S/C10H12N4O2/c1-6-9(10(15)16)14-7(11-6)4-5-8(12-14)13(2)3/h4-5H,1-3H3,(H,15,16). The van der Waals surface area contributed by atoms with Crippen LogP contribution >= 0.6 is 0 Å². The zero-order valence-corrected chi connectivity index (χ0v) is 9.30. The lowest BCUT2D eigenvalue weighted by atomic mass is 10.3. The van der Waals surface area contributed by atoms with Gasteiger partial charge in [-0.25, -0.2) is 14.3 Å². The van der Waals surface area contributed by atoms with E-state index in [0.29, 0.717) is 17.2 Å². The van der Waals surface area contributed by atoms with Gasteiger partial charge in [-0.3, -0.25) is 0 Å². The highest BCUT2D eigenvalue weighted by atomic mass is 16.4. The van der Waals surface area contributed by atoms with Crippen molar-refractivity contribution in [3.8, 4) is 0 Å². The van der Waals surface area contributed by atoms with E-state index in [2.05, 4.69) is 10.1 Å². The third-order valence-electron chi connectivity index (χ3n) is 2.30. The predicted molar refractivity (Wildman–Crippen MR) is 59.0 cm³/mol. The van der Waals surface area contributed by atoms with Crippen LogP contribution in [0.2, 0.25) is 0 Å². The van der Waals surface area contributed by atoms with Crippen molar-refractivity contribution in [1.29, 1.82) is 0 Å². The topological polar surface area (TPSA) is 70.7 Å². The van der Waals surface area contributed by atoms with Gasteiger partial charge in [0.1, 0.15) is 5.82 Å². The summed E-state index contributed by atoms with van der Waals surface area (Å²) in [4.78, 5) is 17.0. The van der Waals surface area contributed by atoms with Gasteiger partial charge in [0.2, 0.25) is 0 Å². The number of imidazole rings is 1. The highest BCUT2D eigenvalue weighted by Crippen LogP contribution is 2.14. The van der Waals surface area contributed by atoms with Crippen LogP contribution in [-0.4, -0.2) is 39.8 Å². The van der Waals surface area contributed by atoms with Gasteiger partial charge in [-0.2, -0.15) is 0 Å². The number of aryl methyl sites for hydroxylation is 1. The van der Waals surface area contributed by atoms with Gasteiger partial charge in [-0.15, -0.1) is 5.10 Å². The van der Waals surface area contributed by atoms with Crippen LogP contribution in [0.3, 0.4) is 0 Å². The van der Waals surface area contributed by atoms with Crippen molar-refractivity contribution in [3.05, 3.63) is 23.5 Å². The molecule has 2 rings (SSSR count). The molecule has 6 heteroatoms. The zero-order valence-electron chi connectivity index (χ0n) is 9.30. The zero-order chi connectivity index (χ0) is 11.9. The summed E-state index contributed by atoms with van der Waals surface area (Å²) in [6, 6.07) is 3.55. The van der Waals surface area contributed by atoms with Crippen LogP contribution in [0.4, 0.5) is 5.82 Å². The Labute approximate surface area is 92.1 Å². The third kappa shape index (κ3) is 1.48. The van der Waals surface area contributed by atoms with Gasteiger partial charge in [-0.1, -0.05) is 0 Å². The average Bonchev–Trinajstić information content (AvgIpc) is 2.51. The normalized spacial score (nSPS) is 10.7. The molecule has 16 heavy (non-hydrogen) atoms. The highest BCUT2D eigenvalue weighted by Gasteiger charge is 2.16. The highest BCUT2D eigenvalue weighted by molar-refractivity contribution is 5.88. The van der Waals surface area contributed by atoms with E-state index in [0.717, 1.165) is 0 Å². The Hall–Kier alpha value is -2.11. The summed E-state index contributed by atoms with van der Waals surface area (Å²) in [5.74, 6) is -0.333. The summed E-state index contributed by atoms with van der Waals surface area (Å²) in [6.45, 7) is 1.66. The van der Waals surface area contributed by atoms with Crippen LogP contribution in [-0.2, 0) is 0 Å². The summed E-state index contributed by atoms with van der Waals surface area (Å²) in [7, 11) is 3.69. The molecule has 0 bridgehead atoms. The number of aromatic nitrogens is 3. The molecule has 0 radical (unpaired) electrons. The number of anilines is 1. The molecule has 0 fully saturated rings. The Kier molecular flexibility index (Phi) is 2.26. The number of aromatic carboxylic acids is 1. The van der Waals surface area contributed by atoms with Crippen molar-refractivity contribution in [2.75, 3.05) is 19.0 Å².